The predicted octanol–water partition coefficient (Wildman–Crippen LogP) is 3.17. The Labute approximate surface area is 95.0 Å². The topological polar surface area (TPSA) is 20.3 Å². The maximum Gasteiger partial charge on any atom is 0.225 e. The fourth-order valence-corrected chi connectivity index (χ4v) is 1.62. The lowest BCUT2D eigenvalue weighted by Crippen LogP contribution is -2.39. The Bertz CT molecular complexity index is 177. The highest BCUT2D eigenvalue weighted by molar-refractivity contribution is 5.78. The molecule has 0 aliphatic rings. The van der Waals surface area contributed by atoms with E-state index in [0.717, 1.165) is 19.5 Å². The zero-order chi connectivity index (χ0) is 12.0. The largest absolute Gasteiger partial charge is 0.342 e. The minimum atomic E-state index is 0.169. The zero-order valence-electron chi connectivity index (χ0n) is 11.2. The van der Waals surface area contributed by atoms with Crippen molar-refractivity contribution in [2.75, 3.05) is 13.1 Å². The van der Waals surface area contributed by atoms with E-state index in [2.05, 4.69) is 34.6 Å². The van der Waals surface area contributed by atoms with Crippen LogP contribution in [0.3, 0.4) is 0 Å². The van der Waals surface area contributed by atoms with E-state index in [1.165, 1.54) is 0 Å². The summed E-state index contributed by atoms with van der Waals surface area (Å²) >= 11 is 0. The van der Waals surface area contributed by atoms with Crippen molar-refractivity contribution in [2.45, 2.75) is 48.0 Å². The Hall–Kier alpha value is -0.530. The Morgan fingerprint density at radius 3 is 1.67 bits per heavy atom. The minimum Gasteiger partial charge on any atom is -0.342 e. The molecule has 2 heteroatoms. The van der Waals surface area contributed by atoms with Gasteiger partial charge in [0, 0.05) is 19.0 Å². The molecule has 1 atom stereocenters. The number of hydrogen-bond acceptors (Lipinski definition) is 1. The molecule has 0 unspecified atom stereocenters. The molecule has 0 aromatic rings. The molecule has 0 N–H and O–H groups in total. The summed E-state index contributed by atoms with van der Waals surface area (Å²) in [6, 6.07) is 0. The summed E-state index contributed by atoms with van der Waals surface area (Å²) in [7, 11) is 0. The van der Waals surface area contributed by atoms with Crippen LogP contribution in [0.15, 0.2) is 0 Å². The van der Waals surface area contributed by atoms with Gasteiger partial charge in [0.15, 0.2) is 0 Å². The summed E-state index contributed by atoms with van der Waals surface area (Å²) in [5.74, 6) is 1.59. The van der Waals surface area contributed by atoms with Crippen molar-refractivity contribution in [2.24, 2.45) is 17.8 Å². The summed E-state index contributed by atoms with van der Waals surface area (Å²) in [5.41, 5.74) is 0. The molecule has 0 rings (SSSR count). The van der Waals surface area contributed by atoms with Gasteiger partial charge >= 0.3 is 0 Å². The van der Waals surface area contributed by atoms with E-state index in [0.29, 0.717) is 17.7 Å². The van der Waals surface area contributed by atoms with Gasteiger partial charge in [-0.1, -0.05) is 41.5 Å². The number of rotatable bonds is 6. The van der Waals surface area contributed by atoms with Gasteiger partial charge in [0.1, 0.15) is 0 Å². The van der Waals surface area contributed by atoms with E-state index >= 15 is 0 Å². The molecule has 1 amide bonds. The van der Waals surface area contributed by atoms with Crippen LogP contribution in [0, 0.1) is 17.8 Å². The van der Waals surface area contributed by atoms with Gasteiger partial charge in [-0.15, -0.1) is 0 Å². The van der Waals surface area contributed by atoms with Gasteiger partial charge in [0.2, 0.25) is 5.91 Å². The Morgan fingerprint density at radius 2 is 1.40 bits per heavy atom. The number of carbonyl (C=O) groups excluding carboxylic acids is 1. The van der Waals surface area contributed by atoms with Crippen LogP contribution < -0.4 is 0 Å². The fourth-order valence-electron chi connectivity index (χ4n) is 1.62. The Balaban J connectivity index is 4.40. The van der Waals surface area contributed by atoms with E-state index < -0.39 is 0 Å². The molecule has 0 aliphatic carbocycles. The predicted molar refractivity (Wildman–Crippen MR) is 65.7 cm³/mol. The second kappa shape index (κ2) is 6.86. The van der Waals surface area contributed by atoms with Crippen LogP contribution in [0.5, 0.6) is 0 Å². The molecule has 90 valence electrons. The Kier molecular flexibility index (Phi) is 6.62. The first-order chi connectivity index (χ1) is 6.88. The van der Waals surface area contributed by atoms with Crippen LogP contribution in [0.1, 0.15) is 48.0 Å². The third kappa shape index (κ3) is 5.81. The molecule has 0 saturated carbocycles. The van der Waals surface area contributed by atoms with Crippen molar-refractivity contribution in [1.29, 1.82) is 0 Å². The molecule has 0 aliphatic heterocycles. The lowest BCUT2D eigenvalue weighted by atomic mass is 10.0. The van der Waals surface area contributed by atoms with E-state index in [9.17, 15) is 4.79 Å². The molecule has 2 nitrogen and oxygen atoms in total. The van der Waals surface area contributed by atoms with Crippen LogP contribution in [-0.4, -0.2) is 23.9 Å². The summed E-state index contributed by atoms with van der Waals surface area (Å²) in [4.78, 5) is 14.1. The quantitative estimate of drug-likeness (QED) is 0.663. The fraction of sp³-hybridized carbons (Fsp3) is 0.923. The van der Waals surface area contributed by atoms with Gasteiger partial charge in [-0.3, -0.25) is 4.79 Å². The highest BCUT2D eigenvalue weighted by Crippen LogP contribution is 2.11. The zero-order valence-corrected chi connectivity index (χ0v) is 11.2. The third-order valence-corrected chi connectivity index (χ3v) is 2.52. The lowest BCUT2D eigenvalue weighted by Gasteiger charge is -2.28. The standard InChI is InChI=1S/C13H27NO/c1-7-12(6)13(15)14(8-10(2)3)9-11(4)5/h10-12H,7-9H2,1-6H3/t12-/m0/s1. The normalized spacial score (nSPS) is 13.3. The van der Waals surface area contributed by atoms with Crippen LogP contribution in [-0.2, 0) is 4.79 Å². The van der Waals surface area contributed by atoms with Crippen molar-refractivity contribution in [1.82, 2.24) is 4.90 Å². The van der Waals surface area contributed by atoms with Crippen molar-refractivity contribution in [3.8, 4) is 0 Å². The van der Waals surface area contributed by atoms with Crippen LogP contribution in [0.4, 0.5) is 0 Å². The summed E-state index contributed by atoms with van der Waals surface area (Å²) < 4.78 is 0. The number of nitrogens with zero attached hydrogens (tertiary/aromatic N) is 1. The van der Waals surface area contributed by atoms with Crippen molar-refractivity contribution < 1.29 is 4.79 Å². The maximum atomic E-state index is 12.1. The molecule has 0 bridgehead atoms. The van der Waals surface area contributed by atoms with E-state index in [-0.39, 0.29) is 5.92 Å². The first kappa shape index (κ1) is 14.5. The van der Waals surface area contributed by atoms with Gasteiger partial charge in [0.25, 0.3) is 0 Å². The molecule has 0 heterocycles. The Morgan fingerprint density at radius 1 is 1.00 bits per heavy atom. The van der Waals surface area contributed by atoms with E-state index in [4.69, 9.17) is 0 Å². The average molecular weight is 213 g/mol. The van der Waals surface area contributed by atoms with Gasteiger partial charge in [-0.2, -0.15) is 0 Å². The lowest BCUT2D eigenvalue weighted by molar-refractivity contribution is -0.136. The average Bonchev–Trinajstić information content (AvgIpc) is 2.13. The molecule has 0 aromatic carbocycles. The van der Waals surface area contributed by atoms with Gasteiger partial charge in [-0.25, -0.2) is 0 Å². The van der Waals surface area contributed by atoms with Crippen LogP contribution in [0.2, 0.25) is 0 Å². The molecule has 15 heavy (non-hydrogen) atoms. The van der Waals surface area contributed by atoms with Crippen LogP contribution >= 0.6 is 0 Å². The molecule has 0 aromatic heterocycles. The highest BCUT2D eigenvalue weighted by atomic mass is 16.2. The first-order valence-electron chi connectivity index (χ1n) is 6.17. The summed E-state index contributed by atoms with van der Waals surface area (Å²) in [6.07, 6.45) is 0.936. The monoisotopic (exact) mass is 213 g/mol. The molecular formula is C13H27NO. The van der Waals surface area contributed by atoms with Crippen molar-refractivity contribution in [3.05, 3.63) is 0 Å². The van der Waals surface area contributed by atoms with E-state index in [1.807, 2.05) is 11.8 Å². The molecule has 0 spiro atoms. The molecule has 0 fully saturated rings. The number of carbonyl (C=O) groups is 1. The summed E-state index contributed by atoms with van der Waals surface area (Å²) in [5, 5.41) is 0. The molecule has 0 radical (unpaired) electrons. The van der Waals surface area contributed by atoms with Crippen molar-refractivity contribution in [3.63, 3.8) is 0 Å². The number of hydrogen-bond donors (Lipinski definition) is 0. The summed E-state index contributed by atoms with van der Waals surface area (Å²) in [6.45, 7) is 14.5. The number of amides is 1. The smallest absolute Gasteiger partial charge is 0.225 e. The SMILES string of the molecule is CC[C@H](C)C(=O)N(CC(C)C)CC(C)C. The molecule has 0 saturated heterocycles. The molecular weight excluding hydrogens is 186 g/mol. The first-order valence-corrected chi connectivity index (χ1v) is 6.17. The van der Waals surface area contributed by atoms with Gasteiger partial charge in [-0.05, 0) is 18.3 Å². The van der Waals surface area contributed by atoms with Gasteiger partial charge in [0.05, 0.1) is 0 Å². The van der Waals surface area contributed by atoms with E-state index in [1.54, 1.807) is 0 Å². The minimum absolute atomic E-state index is 0.169. The third-order valence-electron chi connectivity index (χ3n) is 2.52. The second-order valence-electron chi connectivity index (χ2n) is 5.34. The van der Waals surface area contributed by atoms with Crippen LogP contribution in [0.25, 0.3) is 0 Å². The highest BCUT2D eigenvalue weighted by Gasteiger charge is 2.20. The maximum absolute atomic E-state index is 12.1. The van der Waals surface area contributed by atoms with Gasteiger partial charge < -0.3 is 4.90 Å². The van der Waals surface area contributed by atoms with Crippen molar-refractivity contribution >= 4 is 5.91 Å². The second-order valence-corrected chi connectivity index (χ2v) is 5.34.